The van der Waals surface area contributed by atoms with Crippen molar-refractivity contribution in [1.29, 1.82) is 0 Å². The Balaban J connectivity index is 2.04. The summed E-state index contributed by atoms with van der Waals surface area (Å²) in [6, 6.07) is 10.9. The fraction of sp³-hybridized carbons (Fsp3) is 0.125. The number of rotatable bonds is 6. The molecule has 0 amide bonds. The molecular weight excluding hydrogens is 346 g/mol. The molecule has 0 saturated heterocycles. The van der Waals surface area contributed by atoms with Gasteiger partial charge in [0, 0.05) is 11.8 Å². The molecule has 0 aliphatic carbocycles. The van der Waals surface area contributed by atoms with Crippen molar-refractivity contribution < 1.29 is 19.6 Å². The van der Waals surface area contributed by atoms with E-state index in [-0.39, 0.29) is 23.0 Å². The Morgan fingerprint density at radius 2 is 1.92 bits per heavy atom. The number of non-ortho nitro benzene ring substituents is 1. The summed E-state index contributed by atoms with van der Waals surface area (Å²) in [5.41, 5.74) is 1.74. The van der Waals surface area contributed by atoms with E-state index in [1.54, 1.807) is 24.3 Å². The monoisotopic (exact) mass is 361 g/mol. The van der Waals surface area contributed by atoms with Crippen LogP contribution in [-0.4, -0.2) is 28.2 Å². The fourth-order valence-electron chi connectivity index (χ4n) is 2.06. The second-order valence-electron chi connectivity index (χ2n) is 4.99. The molecule has 0 fully saturated rings. The highest BCUT2D eigenvalue weighted by atomic mass is 32.1. The summed E-state index contributed by atoms with van der Waals surface area (Å²) in [4.78, 5) is 20.9. The summed E-state index contributed by atoms with van der Waals surface area (Å²) < 4.78 is 5.13. The standard InChI is InChI=1S/C16H15N3O5S/c1-24-14-9-12(19(22)23)6-7-13(14)18-16(25)17-11-4-2-10(3-5-11)8-15(20)21/h2-7,9H,8H2,1H3,(H,20,21)(H2,17,18,25). The zero-order valence-corrected chi connectivity index (χ0v) is 14.0. The number of nitro groups is 1. The third kappa shape index (κ3) is 5.15. The number of nitro benzene ring substituents is 1. The van der Waals surface area contributed by atoms with Crippen LogP contribution in [0.25, 0.3) is 0 Å². The van der Waals surface area contributed by atoms with Crippen molar-refractivity contribution in [1.82, 2.24) is 0 Å². The van der Waals surface area contributed by atoms with Gasteiger partial charge in [-0.15, -0.1) is 0 Å². The molecule has 8 nitrogen and oxygen atoms in total. The first-order valence-electron chi connectivity index (χ1n) is 7.10. The molecule has 3 N–H and O–H groups in total. The van der Waals surface area contributed by atoms with Crippen LogP contribution in [0.2, 0.25) is 0 Å². The lowest BCUT2D eigenvalue weighted by Crippen LogP contribution is -2.19. The molecule has 0 radical (unpaired) electrons. The molecule has 9 heteroatoms. The Morgan fingerprint density at radius 3 is 2.48 bits per heavy atom. The predicted octanol–water partition coefficient (Wildman–Crippen LogP) is 3.04. The average Bonchev–Trinajstić information content (AvgIpc) is 2.56. The van der Waals surface area contributed by atoms with Gasteiger partial charge in [0.25, 0.3) is 5.69 Å². The van der Waals surface area contributed by atoms with E-state index in [1.807, 2.05) is 0 Å². The Labute approximate surface area is 148 Å². The largest absolute Gasteiger partial charge is 0.494 e. The van der Waals surface area contributed by atoms with Gasteiger partial charge in [-0.05, 0) is 36.0 Å². The maximum Gasteiger partial charge on any atom is 0.307 e. The lowest BCUT2D eigenvalue weighted by Gasteiger charge is -2.13. The molecule has 0 aliphatic rings. The van der Waals surface area contributed by atoms with Gasteiger partial charge in [0.2, 0.25) is 0 Å². The van der Waals surface area contributed by atoms with Crippen LogP contribution < -0.4 is 15.4 Å². The zero-order valence-electron chi connectivity index (χ0n) is 13.2. The number of carboxylic acid groups (broad SMARTS) is 1. The van der Waals surface area contributed by atoms with Gasteiger partial charge in [-0.25, -0.2) is 0 Å². The average molecular weight is 361 g/mol. The van der Waals surface area contributed by atoms with Crippen LogP contribution in [0.3, 0.4) is 0 Å². The van der Waals surface area contributed by atoms with Gasteiger partial charge in [-0.3, -0.25) is 14.9 Å². The van der Waals surface area contributed by atoms with E-state index in [0.29, 0.717) is 16.9 Å². The number of carbonyl (C=O) groups is 1. The van der Waals surface area contributed by atoms with E-state index >= 15 is 0 Å². The molecule has 0 aliphatic heterocycles. The summed E-state index contributed by atoms with van der Waals surface area (Å²) >= 11 is 5.21. The van der Waals surface area contributed by atoms with Crippen molar-refractivity contribution in [3.8, 4) is 5.75 Å². The molecule has 0 heterocycles. The molecule has 0 aromatic heterocycles. The van der Waals surface area contributed by atoms with Crippen molar-refractivity contribution in [3.63, 3.8) is 0 Å². The lowest BCUT2D eigenvalue weighted by atomic mass is 10.1. The third-order valence-corrected chi connectivity index (χ3v) is 3.42. The molecule has 0 unspecified atom stereocenters. The first-order chi connectivity index (χ1) is 11.9. The van der Waals surface area contributed by atoms with Gasteiger partial charge >= 0.3 is 5.97 Å². The summed E-state index contributed by atoms with van der Waals surface area (Å²) in [6.07, 6.45) is -0.0526. The molecule has 0 bridgehead atoms. The molecular formula is C16H15N3O5S. The number of aliphatic carboxylic acids is 1. The second kappa shape index (κ2) is 8.06. The van der Waals surface area contributed by atoms with Crippen LogP contribution >= 0.6 is 12.2 Å². The highest BCUT2D eigenvalue weighted by molar-refractivity contribution is 7.80. The number of hydrogen-bond acceptors (Lipinski definition) is 5. The molecule has 2 aromatic rings. The molecule has 0 spiro atoms. The number of nitrogens with zero attached hydrogens (tertiary/aromatic N) is 1. The van der Waals surface area contributed by atoms with E-state index in [1.165, 1.54) is 25.3 Å². The first kappa shape index (κ1) is 18.1. The van der Waals surface area contributed by atoms with E-state index in [4.69, 9.17) is 22.1 Å². The van der Waals surface area contributed by atoms with E-state index in [0.717, 1.165) is 0 Å². The second-order valence-corrected chi connectivity index (χ2v) is 5.40. The SMILES string of the molecule is COc1cc([N+](=O)[O-])ccc1NC(=S)Nc1ccc(CC(=O)O)cc1. The number of ether oxygens (including phenoxy) is 1. The zero-order chi connectivity index (χ0) is 18.4. The molecule has 0 atom stereocenters. The Hall–Kier alpha value is -3.20. The van der Waals surface area contributed by atoms with E-state index < -0.39 is 10.9 Å². The van der Waals surface area contributed by atoms with E-state index in [9.17, 15) is 14.9 Å². The fourth-order valence-corrected chi connectivity index (χ4v) is 2.29. The molecule has 2 aromatic carbocycles. The number of nitrogens with one attached hydrogen (secondary N) is 2. The van der Waals surface area contributed by atoms with Crippen molar-refractivity contribution in [2.75, 3.05) is 17.7 Å². The number of benzene rings is 2. The number of thiocarbonyl (C=S) groups is 1. The predicted molar refractivity (Wildman–Crippen MR) is 97.3 cm³/mol. The topological polar surface area (TPSA) is 114 Å². The number of carboxylic acids is 1. The van der Waals surface area contributed by atoms with Crippen LogP contribution in [0.15, 0.2) is 42.5 Å². The Bertz CT molecular complexity index is 808. The number of anilines is 2. The highest BCUT2D eigenvalue weighted by Crippen LogP contribution is 2.29. The summed E-state index contributed by atoms with van der Waals surface area (Å²) in [5.74, 6) is -0.613. The van der Waals surface area contributed by atoms with Crippen molar-refractivity contribution in [3.05, 3.63) is 58.1 Å². The third-order valence-electron chi connectivity index (χ3n) is 3.21. The van der Waals surface area contributed by atoms with Gasteiger partial charge in [0.05, 0.1) is 30.2 Å². The Kier molecular flexibility index (Phi) is 5.85. The van der Waals surface area contributed by atoms with Crippen molar-refractivity contribution in [2.24, 2.45) is 0 Å². The summed E-state index contributed by atoms with van der Waals surface area (Å²) in [5, 5.41) is 25.6. The van der Waals surface area contributed by atoms with Crippen LogP contribution in [0.4, 0.5) is 17.1 Å². The van der Waals surface area contributed by atoms with Gasteiger partial charge in [-0.1, -0.05) is 12.1 Å². The van der Waals surface area contributed by atoms with E-state index in [2.05, 4.69) is 10.6 Å². The van der Waals surface area contributed by atoms with Crippen molar-refractivity contribution in [2.45, 2.75) is 6.42 Å². The van der Waals surface area contributed by atoms with Crippen LogP contribution in [0, 0.1) is 10.1 Å². The minimum atomic E-state index is -0.900. The van der Waals surface area contributed by atoms with Gasteiger partial charge in [0.15, 0.2) is 5.11 Å². The highest BCUT2D eigenvalue weighted by Gasteiger charge is 2.12. The van der Waals surface area contributed by atoms with Crippen LogP contribution in [0.5, 0.6) is 5.75 Å². The minimum absolute atomic E-state index is 0.0526. The summed E-state index contributed by atoms with van der Waals surface area (Å²) in [7, 11) is 1.40. The maximum atomic E-state index is 10.8. The smallest absolute Gasteiger partial charge is 0.307 e. The maximum absolute atomic E-state index is 10.8. The van der Waals surface area contributed by atoms with Gasteiger partial charge in [0.1, 0.15) is 5.75 Å². The normalized spacial score (nSPS) is 9.96. The molecule has 2 rings (SSSR count). The molecule has 0 saturated carbocycles. The molecule has 25 heavy (non-hydrogen) atoms. The molecule has 130 valence electrons. The number of methoxy groups -OCH3 is 1. The van der Waals surface area contributed by atoms with Crippen LogP contribution in [0.1, 0.15) is 5.56 Å². The number of hydrogen-bond donors (Lipinski definition) is 3. The van der Waals surface area contributed by atoms with Gasteiger partial charge < -0.3 is 20.5 Å². The van der Waals surface area contributed by atoms with Gasteiger partial charge in [-0.2, -0.15) is 0 Å². The Morgan fingerprint density at radius 1 is 1.24 bits per heavy atom. The quantitative estimate of drug-likeness (QED) is 0.409. The lowest BCUT2D eigenvalue weighted by molar-refractivity contribution is -0.384. The van der Waals surface area contributed by atoms with Crippen molar-refractivity contribution >= 4 is 40.4 Å². The first-order valence-corrected chi connectivity index (χ1v) is 7.51. The minimum Gasteiger partial charge on any atom is -0.494 e. The van der Waals surface area contributed by atoms with Crippen LogP contribution in [-0.2, 0) is 11.2 Å². The summed E-state index contributed by atoms with van der Waals surface area (Å²) in [6.45, 7) is 0.